The Labute approximate surface area is 127 Å². The summed E-state index contributed by atoms with van der Waals surface area (Å²) in [5, 5.41) is 12.1. The molecule has 2 heterocycles. The van der Waals surface area contributed by atoms with Gasteiger partial charge in [-0.1, -0.05) is 28.1 Å². The number of aryl methyl sites for hydroxylation is 2. The fourth-order valence-corrected chi connectivity index (χ4v) is 2.92. The summed E-state index contributed by atoms with van der Waals surface area (Å²) in [5.41, 5.74) is 2.55. The zero-order chi connectivity index (χ0) is 14.1. The van der Waals surface area contributed by atoms with E-state index < -0.39 is 0 Å². The normalized spacial score (nSPS) is 15.3. The van der Waals surface area contributed by atoms with Gasteiger partial charge in [-0.05, 0) is 37.5 Å². The Morgan fingerprint density at radius 3 is 3.05 bits per heavy atom. The van der Waals surface area contributed by atoms with Crippen LogP contribution >= 0.6 is 15.9 Å². The van der Waals surface area contributed by atoms with E-state index in [0.717, 1.165) is 35.6 Å². The minimum absolute atomic E-state index is 0.221. The molecule has 2 aromatic rings. The number of aromatic nitrogens is 3. The second-order valence-corrected chi connectivity index (χ2v) is 6.27. The standard InChI is InChI=1S/C15H19BrN4/c1-10-8-12(5-6-13(10)16)9-17-11(2)15-19-18-14-4-3-7-20(14)15/h5-6,8,11,17H,3-4,7,9H2,1-2H3. The maximum absolute atomic E-state index is 4.32. The van der Waals surface area contributed by atoms with Crippen LogP contribution in [0.1, 0.15) is 42.2 Å². The molecular weight excluding hydrogens is 316 g/mol. The molecule has 0 fully saturated rings. The van der Waals surface area contributed by atoms with Gasteiger partial charge in [0.15, 0.2) is 0 Å². The number of halogens is 1. The Hall–Kier alpha value is -1.20. The third-order valence-corrected chi connectivity index (χ3v) is 4.75. The van der Waals surface area contributed by atoms with Gasteiger partial charge >= 0.3 is 0 Å². The number of hydrogen-bond acceptors (Lipinski definition) is 3. The van der Waals surface area contributed by atoms with Crippen molar-refractivity contribution in [2.75, 3.05) is 0 Å². The third-order valence-electron chi connectivity index (χ3n) is 3.86. The van der Waals surface area contributed by atoms with E-state index in [-0.39, 0.29) is 6.04 Å². The molecule has 1 aromatic heterocycles. The van der Waals surface area contributed by atoms with Gasteiger partial charge in [0, 0.05) is 24.0 Å². The number of rotatable bonds is 4. The van der Waals surface area contributed by atoms with E-state index in [1.807, 2.05) is 0 Å². The van der Waals surface area contributed by atoms with Crippen LogP contribution in [0.15, 0.2) is 22.7 Å². The molecule has 0 bridgehead atoms. The van der Waals surface area contributed by atoms with E-state index >= 15 is 0 Å². The van der Waals surface area contributed by atoms with Gasteiger partial charge in [-0.15, -0.1) is 10.2 Å². The van der Waals surface area contributed by atoms with E-state index in [1.54, 1.807) is 0 Å². The largest absolute Gasteiger partial charge is 0.314 e. The molecule has 0 aliphatic carbocycles. The molecule has 0 spiro atoms. The molecule has 20 heavy (non-hydrogen) atoms. The molecule has 4 nitrogen and oxygen atoms in total. The fraction of sp³-hybridized carbons (Fsp3) is 0.467. The van der Waals surface area contributed by atoms with Crippen molar-refractivity contribution in [2.45, 2.75) is 45.8 Å². The zero-order valence-electron chi connectivity index (χ0n) is 11.9. The molecule has 0 radical (unpaired) electrons. The highest BCUT2D eigenvalue weighted by Crippen LogP contribution is 2.20. The van der Waals surface area contributed by atoms with E-state index in [4.69, 9.17) is 0 Å². The molecule has 1 unspecified atom stereocenters. The third kappa shape index (κ3) is 2.65. The van der Waals surface area contributed by atoms with Crippen molar-refractivity contribution in [2.24, 2.45) is 0 Å². The fourth-order valence-electron chi connectivity index (χ4n) is 2.67. The first-order chi connectivity index (χ1) is 9.65. The Morgan fingerprint density at radius 1 is 1.40 bits per heavy atom. The first kappa shape index (κ1) is 13.8. The molecule has 0 saturated heterocycles. The number of nitrogens with zero attached hydrogens (tertiary/aromatic N) is 3. The summed E-state index contributed by atoms with van der Waals surface area (Å²) >= 11 is 3.53. The minimum atomic E-state index is 0.221. The van der Waals surface area contributed by atoms with E-state index in [2.05, 4.69) is 68.1 Å². The van der Waals surface area contributed by atoms with Crippen LogP contribution in [-0.2, 0) is 19.5 Å². The lowest BCUT2D eigenvalue weighted by Gasteiger charge is -2.14. The van der Waals surface area contributed by atoms with Crippen molar-refractivity contribution >= 4 is 15.9 Å². The van der Waals surface area contributed by atoms with E-state index in [9.17, 15) is 0 Å². The summed E-state index contributed by atoms with van der Waals surface area (Å²) in [6, 6.07) is 6.67. The summed E-state index contributed by atoms with van der Waals surface area (Å²) in [5.74, 6) is 2.19. The summed E-state index contributed by atoms with van der Waals surface area (Å²) in [7, 11) is 0. The van der Waals surface area contributed by atoms with Crippen LogP contribution in [0.2, 0.25) is 0 Å². The van der Waals surface area contributed by atoms with Gasteiger partial charge in [0.05, 0.1) is 6.04 Å². The van der Waals surface area contributed by atoms with Gasteiger partial charge in [-0.2, -0.15) is 0 Å². The second kappa shape index (κ2) is 5.66. The molecule has 0 amide bonds. The highest BCUT2D eigenvalue weighted by molar-refractivity contribution is 9.10. The minimum Gasteiger partial charge on any atom is -0.314 e. The monoisotopic (exact) mass is 334 g/mol. The van der Waals surface area contributed by atoms with Crippen molar-refractivity contribution < 1.29 is 0 Å². The molecule has 3 rings (SSSR count). The van der Waals surface area contributed by atoms with Crippen molar-refractivity contribution in [3.8, 4) is 0 Å². The highest BCUT2D eigenvalue weighted by Gasteiger charge is 2.20. The van der Waals surface area contributed by atoms with Crippen molar-refractivity contribution in [1.82, 2.24) is 20.1 Å². The number of benzene rings is 1. The average molecular weight is 335 g/mol. The molecule has 106 valence electrons. The molecule has 1 aliphatic rings. The molecule has 0 saturated carbocycles. The lowest BCUT2D eigenvalue weighted by atomic mass is 10.1. The topological polar surface area (TPSA) is 42.7 Å². The summed E-state index contributed by atoms with van der Waals surface area (Å²) in [4.78, 5) is 0. The predicted octanol–water partition coefficient (Wildman–Crippen LogP) is 3.15. The Kier molecular flexibility index (Phi) is 3.89. The van der Waals surface area contributed by atoms with Gasteiger partial charge in [-0.25, -0.2) is 0 Å². The van der Waals surface area contributed by atoms with Crippen LogP contribution in [0.5, 0.6) is 0 Å². The van der Waals surface area contributed by atoms with Gasteiger partial charge in [0.1, 0.15) is 11.6 Å². The highest BCUT2D eigenvalue weighted by atomic mass is 79.9. The smallest absolute Gasteiger partial charge is 0.149 e. The number of fused-ring (bicyclic) bond motifs is 1. The molecule has 1 N–H and O–H groups in total. The molecular formula is C15H19BrN4. The molecule has 1 aliphatic heterocycles. The maximum Gasteiger partial charge on any atom is 0.149 e. The predicted molar refractivity (Wildman–Crippen MR) is 82.5 cm³/mol. The van der Waals surface area contributed by atoms with Gasteiger partial charge < -0.3 is 9.88 Å². The van der Waals surface area contributed by atoms with Crippen molar-refractivity contribution in [3.63, 3.8) is 0 Å². The van der Waals surface area contributed by atoms with Crippen LogP contribution in [0, 0.1) is 6.92 Å². The quantitative estimate of drug-likeness (QED) is 0.933. The lowest BCUT2D eigenvalue weighted by Crippen LogP contribution is -2.21. The van der Waals surface area contributed by atoms with Crippen molar-refractivity contribution in [3.05, 3.63) is 45.4 Å². The van der Waals surface area contributed by atoms with Crippen LogP contribution < -0.4 is 5.32 Å². The lowest BCUT2D eigenvalue weighted by molar-refractivity contribution is 0.516. The summed E-state index contributed by atoms with van der Waals surface area (Å²) in [6.45, 7) is 6.17. The first-order valence-electron chi connectivity index (χ1n) is 7.05. The Balaban J connectivity index is 1.67. The van der Waals surface area contributed by atoms with Crippen LogP contribution in [0.25, 0.3) is 0 Å². The van der Waals surface area contributed by atoms with Gasteiger partial charge in [0.25, 0.3) is 0 Å². The zero-order valence-corrected chi connectivity index (χ0v) is 13.4. The van der Waals surface area contributed by atoms with Crippen molar-refractivity contribution in [1.29, 1.82) is 0 Å². The van der Waals surface area contributed by atoms with Crippen LogP contribution in [0.4, 0.5) is 0 Å². The molecule has 1 atom stereocenters. The summed E-state index contributed by atoms with van der Waals surface area (Å²) < 4.78 is 3.41. The molecule has 1 aromatic carbocycles. The second-order valence-electron chi connectivity index (χ2n) is 5.42. The number of nitrogens with one attached hydrogen (secondary N) is 1. The van der Waals surface area contributed by atoms with E-state index in [0.29, 0.717) is 0 Å². The Bertz CT molecular complexity index is 620. The SMILES string of the molecule is Cc1cc(CNC(C)c2nnc3n2CCC3)ccc1Br. The average Bonchev–Trinajstić information content (AvgIpc) is 3.02. The maximum atomic E-state index is 4.32. The van der Waals surface area contributed by atoms with Crippen LogP contribution in [0.3, 0.4) is 0 Å². The Morgan fingerprint density at radius 2 is 2.25 bits per heavy atom. The van der Waals surface area contributed by atoms with Crippen LogP contribution in [-0.4, -0.2) is 14.8 Å². The van der Waals surface area contributed by atoms with Gasteiger partial charge in [0.2, 0.25) is 0 Å². The van der Waals surface area contributed by atoms with Gasteiger partial charge in [-0.3, -0.25) is 0 Å². The van der Waals surface area contributed by atoms with E-state index in [1.165, 1.54) is 17.5 Å². The first-order valence-corrected chi connectivity index (χ1v) is 7.85. The molecule has 5 heteroatoms. The number of hydrogen-bond donors (Lipinski definition) is 1. The summed E-state index contributed by atoms with van der Waals surface area (Å²) in [6.07, 6.45) is 2.25.